The highest BCUT2D eigenvalue weighted by Gasteiger charge is 2.13. The second-order valence-electron chi connectivity index (χ2n) is 5.74. The molecule has 0 fully saturated rings. The van der Waals surface area contributed by atoms with Crippen LogP contribution in [-0.2, 0) is 4.79 Å². The molecule has 0 heterocycles. The fourth-order valence-corrected chi connectivity index (χ4v) is 2.11. The van der Waals surface area contributed by atoms with E-state index in [1.54, 1.807) is 0 Å². The summed E-state index contributed by atoms with van der Waals surface area (Å²) in [4.78, 5) is 11.8. The molecule has 1 amide bonds. The molecule has 0 aliphatic heterocycles. The molecular formula is C16H23NOSi. The third-order valence-corrected chi connectivity index (χ3v) is 3.61. The molecule has 0 spiro atoms. The molecule has 1 aromatic rings. The van der Waals surface area contributed by atoms with Crippen molar-refractivity contribution in [2.75, 3.05) is 6.54 Å². The predicted octanol–water partition coefficient (Wildman–Crippen LogP) is 3.16. The largest absolute Gasteiger partial charge is 0.356 e. The van der Waals surface area contributed by atoms with E-state index in [1.807, 2.05) is 38.1 Å². The van der Waals surface area contributed by atoms with Crippen molar-refractivity contribution in [1.29, 1.82) is 0 Å². The first-order chi connectivity index (χ1) is 8.83. The van der Waals surface area contributed by atoms with Gasteiger partial charge in [-0.1, -0.05) is 37.7 Å². The lowest BCUT2D eigenvalue weighted by Crippen LogP contribution is -2.27. The summed E-state index contributed by atoms with van der Waals surface area (Å²) in [5, 5.41) is 2.84. The molecular weight excluding hydrogens is 250 g/mol. The maximum Gasteiger partial charge on any atom is 0.227 e. The van der Waals surface area contributed by atoms with E-state index in [1.165, 1.54) is 0 Å². The topological polar surface area (TPSA) is 29.1 Å². The van der Waals surface area contributed by atoms with E-state index in [4.69, 9.17) is 0 Å². The van der Waals surface area contributed by atoms with Gasteiger partial charge in [-0.2, -0.15) is 0 Å². The molecule has 19 heavy (non-hydrogen) atoms. The summed E-state index contributed by atoms with van der Waals surface area (Å²) in [7, 11) is -1.33. The van der Waals surface area contributed by atoms with E-state index in [0.29, 0.717) is 6.54 Å². The first-order valence-corrected chi connectivity index (χ1v) is 10.2. The van der Waals surface area contributed by atoms with Gasteiger partial charge in [-0.05, 0) is 31.5 Å². The Morgan fingerprint density at radius 1 is 1.26 bits per heavy atom. The van der Waals surface area contributed by atoms with Crippen molar-refractivity contribution < 1.29 is 4.79 Å². The molecule has 0 aromatic heterocycles. The molecule has 0 aliphatic carbocycles. The molecule has 0 saturated carbocycles. The lowest BCUT2D eigenvalue weighted by Gasteiger charge is -2.11. The SMILES string of the molecule is CCNC(=O)[C@@H](C)c1ccc(C#C[Si](C)(C)C)cc1. The van der Waals surface area contributed by atoms with Crippen LogP contribution < -0.4 is 5.32 Å². The van der Waals surface area contributed by atoms with Crippen molar-refractivity contribution in [3.8, 4) is 11.5 Å². The molecule has 1 rings (SSSR count). The van der Waals surface area contributed by atoms with Gasteiger partial charge in [0.15, 0.2) is 0 Å². The van der Waals surface area contributed by atoms with Crippen LogP contribution in [0.4, 0.5) is 0 Å². The molecule has 0 radical (unpaired) electrons. The minimum atomic E-state index is -1.33. The van der Waals surface area contributed by atoms with Crippen molar-refractivity contribution in [3.63, 3.8) is 0 Å². The predicted molar refractivity (Wildman–Crippen MR) is 83.8 cm³/mol. The molecule has 102 valence electrons. The molecule has 0 saturated heterocycles. The number of likely N-dealkylation sites (N-methyl/N-ethyl adjacent to an activating group) is 1. The van der Waals surface area contributed by atoms with Gasteiger partial charge in [0.05, 0.1) is 5.92 Å². The number of hydrogen-bond donors (Lipinski definition) is 1. The Balaban J connectivity index is 2.81. The minimum Gasteiger partial charge on any atom is -0.356 e. The van der Waals surface area contributed by atoms with Gasteiger partial charge in [0.1, 0.15) is 8.07 Å². The minimum absolute atomic E-state index is 0.0726. The first-order valence-electron chi connectivity index (χ1n) is 6.74. The first kappa shape index (κ1) is 15.5. The Kier molecular flexibility index (Phi) is 5.38. The summed E-state index contributed by atoms with van der Waals surface area (Å²) in [6.07, 6.45) is 0. The van der Waals surface area contributed by atoms with Crippen molar-refractivity contribution in [1.82, 2.24) is 5.32 Å². The Labute approximate surface area is 117 Å². The quantitative estimate of drug-likeness (QED) is 0.665. The van der Waals surface area contributed by atoms with Gasteiger partial charge < -0.3 is 5.32 Å². The summed E-state index contributed by atoms with van der Waals surface area (Å²) in [5.74, 6) is 3.18. The van der Waals surface area contributed by atoms with Gasteiger partial charge in [0, 0.05) is 12.1 Å². The van der Waals surface area contributed by atoms with E-state index in [2.05, 4.69) is 36.4 Å². The van der Waals surface area contributed by atoms with Crippen LogP contribution in [0.1, 0.15) is 30.9 Å². The Morgan fingerprint density at radius 3 is 2.32 bits per heavy atom. The standard InChI is InChI=1S/C16H23NOSi/c1-6-17-16(18)13(2)15-9-7-14(8-10-15)11-12-19(3,4)5/h7-10,13H,6H2,1-5H3,(H,17,18)/t13-/m0/s1. The van der Waals surface area contributed by atoms with Gasteiger partial charge >= 0.3 is 0 Å². The number of rotatable bonds is 3. The van der Waals surface area contributed by atoms with E-state index in [0.717, 1.165) is 11.1 Å². The van der Waals surface area contributed by atoms with Crippen LogP contribution in [0.3, 0.4) is 0 Å². The molecule has 0 aliphatic rings. The van der Waals surface area contributed by atoms with Crippen LogP contribution in [-0.4, -0.2) is 20.5 Å². The zero-order chi connectivity index (χ0) is 14.5. The molecule has 1 aromatic carbocycles. The lowest BCUT2D eigenvalue weighted by atomic mass is 9.99. The monoisotopic (exact) mass is 273 g/mol. The number of carbonyl (C=O) groups excluding carboxylic acids is 1. The number of benzene rings is 1. The van der Waals surface area contributed by atoms with Crippen LogP contribution in [0.2, 0.25) is 19.6 Å². The molecule has 1 atom stereocenters. The summed E-state index contributed by atoms with van der Waals surface area (Å²) in [5.41, 5.74) is 5.39. The molecule has 2 nitrogen and oxygen atoms in total. The van der Waals surface area contributed by atoms with Gasteiger partial charge in [-0.3, -0.25) is 4.79 Å². The zero-order valence-corrected chi connectivity index (χ0v) is 13.5. The smallest absolute Gasteiger partial charge is 0.227 e. The van der Waals surface area contributed by atoms with E-state index >= 15 is 0 Å². The number of nitrogens with one attached hydrogen (secondary N) is 1. The van der Waals surface area contributed by atoms with Crippen LogP contribution in [0.5, 0.6) is 0 Å². The van der Waals surface area contributed by atoms with Crippen molar-refractivity contribution in [3.05, 3.63) is 35.4 Å². The van der Waals surface area contributed by atoms with Crippen LogP contribution in [0, 0.1) is 11.5 Å². The van der Waals surface area contributed by atoms with Crippen molar-refractivity contribution >= 4 is 14.0 Å². The van der Waals surface area contributed by atoms with E-state index in [9.17, 15) is 4.79 Å². The zero-order valence-electron chi connectivity index (χ0n) is 12.5. The van der Waals surface area contributed by atoms with Crippen LogP contribution in [0.15, 0.2) is 24.3 Å². The summed E-state index contributed by atoms with van der Waals surface area (Å²) in [6, 6.07) is 7.98. The van der Waals surface area contributed by atoms with E-state index < -0.39 is 8.07 Å². The normalized spacial score (nSPS) is 12.3. The lowest BCUT2D eigenvalue weighted by molar-refractivity contribution is -0.122. The van der Waals surface area contributed by atoms with Crippen molar-refractivity contribution in [2.45, 2.75) is 39.4 Å². The number of carbonyl (C=O) groups is 1. The average Bonchev–Trinajstić information content (AvgIpc) is 2.35. The Hall–Kier alpha value is -1.53. The van der Waals surface area contributed by atoms with Gasteiger partial charge in [0.25, 0.3) is 0 Å². The third-order valence-electron chi connectivity index (χ3n) is 2.74. The van der Waals surface area contributed by atoms with E-state index in [-0.39, 0.29) is 11.8 Å². The van der Waals surface area contributed by atoms with Crippen LogP contribution >= 0.6 is 0 Å². The number of hydrogen-bond acceptors (Lipinski definition) is 1. The molecule has 0 bridgehead atoms. The molecule has 0 unspecified atom stereocenters. The average molecular weight is 273 g/mol. The third kappa shape index (κ3) is 5.31. The summed E-state index contributed by atoms with van der Waals surface area (Å²) >= 11 is 0. The highest BCUT2D eigenvalue weighted by atomic mass is 28.3. The summed E-state index contributed by atoms with van der Waals surface area (Å²) in [6.45, 7) is 11.2. The Bertz CT molecular complexity index is 488. The van der Waals surface area contributed by atoms with Gasteiger partial charge in [-0.15, -0.1) is 5.54 Å². The summed E-state index contributed by atoms with van der Waals surface area (Å²) < 4.78 is 0. The second-order valence-corrected chi connectivity index (χ2v) is 10.5. The highest BCUT2D eigenvalue weighted by Crippen LogP contribution is 2.15. The van der Waals surface area contributed by atoms with Gasteiger partial charge in [-0.25, -0.2) is 0 Å². The maximum absolute atomic E-state index is 11.8. The number of amides is 1. The van der Waals surface area contributed by atoms with Gasteiger partial charge in [0.2, 0.25) is 5.91 Å². The Morgan fingerprint density at radius 2 is 1.84 bits per heavy atom. The fourth-order valence-electron chi connectivity index (χ4n) is 1.59. The van der Waals surface area contributed by atoms with Crippen LogP contribution in [0.25, 0.3) is 0 Å². The maximum atomic E-state index is 11.8. The van der Waals surface area contributed by atoms with Crippen molar-refractivity contribution in [2.24, 2.45) is 0 Å². The molecule has 3 heteroatoms. The second kappa shape index (κ2) is 6.58. The molecule has 1 N–H and O–H groups in total. The highest BCUT2D eigenvalue weighted by molar-refractivity contribution is 6.83. The fraction of sp³-hybridized carbons (Fsp3) is 0.438.